The first-order valence-electron chi connectivity index (χ1n) is 9.76. The molecule has 2 aliphatic rings. The van der Waals surface area contributed by atoms with E-state index in [4.69, 9.17) is 0 Å². The van der Waals surface area contributed by atoms with Gasteiger partial charge in [0.2, 0.25) is 11.8 Å². The normalized spacial score (nSPS) is 21.4. The second kappa shape index (κ2) is 9.11. The van der Waals surface area contributed by atoms with Crippen LogP contribution in [0.3, 0.4) is 0 Å². The van der Waals surface area contributed by atoms with Crippen LogP contribution in [0.15, 0.2) is 24.3 Å². The Kier molecular flexibility index (Phi) is 6.58. The molecule has 3 rings (SSSR count). The molecular weight excluding hydrogens is 350 g/mol. The maximum absolute atomic E-state index is 13.7. The van der Waals surface area contributed by atoms with Gasteiger partial charge < -0.3 is 10.2 Å². The van der Waals surface area contributed by atoms with Gasteiger partial charge in [-0.15, -0.1) is 0 Å². The van der Waals surface area contributed by atoms with Gasteiger partial charge in [0.1, 0.15) is 11.6 Å². The molecule has 0 aromatic heterocycles. The Hall–Kier alpha value is -2.24. The van der Waals surface area contributed by atoms with E-state index in [2.05, 4.69) is 5.32 Å². The van der Waals surface area contributed by atoms with E-state index in [-0.39, 0.29) is 29.3 Å². The quantitative estimate of drug-likeness (QED) is 0.816. The summed E-state index contributed by atoms with van der Waals surface area (Å²) < 4.78 is 27.3. The summed E-state index contributed by atoms with van der Waals surface area (Å²) in [4.78, 5) is 26.5. The van der Waals surface area contributed by atoms with Crippen LogP contribution in [0.2, 0.25) is 0 Å². The molecule has 27 heavy (non-hydrogen) atoms. The van der Waals surface area contributed by atoms with Crippen LogP contribution in [0.25, 0.3) is 6.08 Å². The summed E-state index contributed by atoms with van der Waals surface area (Å²) in [5, 5.41) is 3.13. The average molecular weight is 376 g/mol. The van der Waals surface area contributed by atoms with Gasteiger partial charge in [-0.3, -0.25) is 9.59 Å². The van der Waals surface area contributed by atoms with E-state index in [0.29, 0.717) is 13.1 Å². The molecule has 6 heteroatoms. The van der Waals surface area contributed by atoms with Crippen molar-refractivity contribution in [1.29, 1.82) is 0 Å². The minimum atomic E-state index is -0.706. The highest BCUT2D eigenvalue weighted by Crippen LogP contribution is 2.21. The fourth-order valence-corrected chi connectivity index (χ4v) is 3.89. The molecule has 1 aliphatic carbocycles. The number of nitrogens with one attached hydrogen (secondary N) is 1. The Morgan fingerprint density at radius 3 is 2.44 bits per heavy atom. The van der Waals surface area contributed by atoms with E-state index in [0.717, 1.165) is 50.7 Å². The number of likely N-dealkylation sites (tertiary alicyclic amines) is 1. The molecular formula is C21H26F2N2O2. The molecule has 1 atom stereocenters. The number of carbonyl (C=O) groups is 2. The van der Waals surface area contributed by atoms with Gasteiger partial charge in [-0.1, -0.05) is 25.3 Å². The number of halogens is 2. The summed E-state index contributed by atoms with van der Waals surface area (Å²) in [7, 11) is 0. The van der Waals surface area contributed by atoms with Crippen molar-refractivity contribution in [3.8, 4) is 0 Å². The van der Waals surface area contributed by atoms with Crippen LogP contribution in [0.5, 0.6) is 0 Å². The Balaban J connectivity index is 1.57. The number of amides is 2. The lowest BCUT2D eigenvalue weighted by Crippen LogP contribution is -2.47. The zero-order valence-corrected chi connectivity index (χ0v) is 15.4. The molecule has 2 amide bonds. The minimum Gasteiger partial charge on any atom is -0.353 e. The highest BCUT2D eigenvalue weighted by atomic mass is 19.1. The summed E-state index contributed by atoms with van der Waals surface area (Å²) in [6.45, 7) is 0.900. The number of hydrogen-bond acceptors (Lipinski definition) is 2. The number of piperidine rings is 1. The van der Waals surface area contributed by atoms with Gasteiger partial charge in [0.05, 0.1) is 5.92 Å². The molecule has 1 saturated heterocycles. The third-order valence-corrected chi connectivity index (χ3v) is 5.45. The van der Waals surface area contributed by atoms with Gasteiger partial charge >= 0.3 is 0 Å². The van der Waals surface area contributed by atoms with E-state index in [9.17, 15) is 18.4 Å². The monoisotopic (exact) mass is 376 g/mol. The van der Waals surface area contributed by atoms with E-state index in [1.807, 2.05) is 0 Å². The summed E-state index contributed by atoms with van der Waals surface area (Å²) in [6, 6.07) is 3.84. The van der Waals surface area contributed by atoms with Crippen LogP contribution in [0.4, 0.5) is 8.78 Å². The first kappa shape index (κ1) is 19.5. The molecule has 1 N–H and O–H groups in total. The smallest absolute Gasteiger partial charge is 0.246 e. The van der Waals surface area contributed by atoms with E-state index < -0.39 is 11.6 Å². The molecule has 0 spiro atoms. The molecule has 1 heterocycles. The van der Waals surface area contributed by atoms with Crippen molar-refractivity contribution in [2.24, 2.45) is 5.92 Å². The SMILES string of the molecule is O=C(NC1CCCCC1)C1CCCN(C(=O)/C=C/c2c(F)cccc2F)C1. The standard InChI is InChI=1S/C21H26F2N2O2/c22-18-9-4-10-19(23)17(18)11-12-20(26)25-13-5-6-15(14-25)21(27)24-16-7-2-1-3-8-16/h4,9-12,15-16H,1-3,5-8,13-14H2,(H,24,27)/b12-11+. The van der Waals surface area contributed by atoms with Crippen molar-refractivity contribution in [3.63, 3.8) is 0 Å². The molecule has 146 valence electrons. The lowest BCUT2D eigenvalue weighted by molar-refractivity contribution is -0.132. The number of benzene rings is 1. The van der Waals surface area contributed by atoms with Crippen LogP contribution >= 0.6 is 0 Å². The lowest BCUT2D eigenvalue weighted by atomic mass is 9.93. The van der Waals surface area contributed by atoms with E-state index in [1.165, 1.54) is 24.6 Å². The number of rotatable bonds is 4. The Morgan fingerprint density at radius 1 is 1.04 bits per heavy atom. The lowest BCUT2D eigenvalue weighted by Gasteiger charge is -2.33. The maximum Gasteiger partial charge on any atom is 0.246 e. The number of carbonyl (C=O) groups excluding carboxylic acids is 2. The fraction of sp³-hybridized carbons (Fsp3) is 0.524. The minimum absolute atomic E-state index is 0.0172. The second-order valence-corrected chi connectivity index (χ2v) is 7.44. The first-order valence-corrected chi connectivity index (χ1v) is 9.76. The van der Waals surface area contributed by atoms with Gasteiger partial charge in [-0.2, -0.15) is 0 Å². The number of hydrogen-bond donors (Lipinski definition) is 1. The van der Waals surface area contributed by atoms with Crippen molar-refractivity contribution in [3.05, 3.63) is 41.5 Å². The van der Waals surface area contributed by atoms with E-state index >= 15 is 0 Å². The third-order valence-electron chi connectivity index (χ3n) is 5.45. The molecule has 4 nitrogen and oxygen atoms in total. The zero-order chi connectivity index (χ0) is 19.2. The maximum atomic E-state index is 13.7. The van der Waals surface area contributed by atoms with Gasteiger partial charge in [0, 0.05) is 30.8 Å². The van der Waals surface area contributed by atoms with Crippen molar-refractivity contribution in [2.45, 2.75) is 51.0 Å². The largest absolute Gasteiger partial charge is 0.353 e. The molecule has 1 saturated carbocycles. The zero-order valence-electron chi connectivity index (χ0n) is 15.4. The molecule has 1 aliphatic heterocycles. The molecule has 1 unspecified atom stereocenters. The highest BCUT2D eigenvalue weighted by molar-refractivity contribution is 5.92. The summed E-state index contributed by atoms with van der Waals surface area (Å²) in [5.41, 5.74) is -0.227. The van der Waals surface area contributed by atoms with Gasteiger partial charge in [-0.25, -0.2) is 8.78 Å². The molecule has 1 aromatic rings. The Bertz CT molecular complexity index is 694. The van der Waals surface area contributed by atoms with Crippen LogP contribution in [-0.2, 0) is 9.59 Å². The third kappa shape index (κ3) is 5.15. The van der Waals surface area contributed by atoms with Crippen molar-refractivity contribution >= 4 is 17.9 Å². The van der Waals surface area contributed by atoms with Crippen LogP contribution in [0, 0.1) is 17.6 Å². The highest BCUT2D eigenvalue weighted by Gasteiger charge is 2.29. The molecule has 0 bridgehead atoms. The molecule has 2 fully saturated rings. The first-order chi connectivity index (χ1) is 13.0. The van der Waals surface area contributed by atoms with Crippen molar-refractivity contribution in [2.75, 3.05) is 13.1 Å². The van der Waals surface area contributed by atoms with Gasteiger partial charge in [0.15, 0.2) is 0 Å². The second-order valence-electron chi connectivity index (χ2n) is 7.44. The summed E-state index contributed by atoms with van der Waals surface area (Å²) in [6.07, 6.45) is 9.43. The summed E-state index contributed by atoms with van der Waals surface area (Å²) in [5.74, 6) is -1.94. The molecule has 0 radical (unpaired) electrons. The fourth-order valence-electron chi connectivity index (χ4n) is 3.89. The Morgan fingerprint density at radius 2 is 1.74 bits per heavy atom. The predicted octanol–water partition coefficient (Wildman–Crippen LogP) is 3.67. The van der Waals surface area contributed by atoms with Gasteiger partial charge in [0.25, 0.3) is 0 Å². The molecule has 1 aromatic carbocycles. The topological polar surface area (TPSA) is 49.4 Å². The number of nitrogens with zero attached hydrogens (tertiary/aromatic N) is 1. The van der Waals surface area contributed by atoms with Gasteiger partial charge in [-0.05, 0) is 43.9 Å². The Labute approximate surface area is 158 Å². The van der Waals surface area contributed by atoms with Crippen LogP contribution in [-0.4, -0.2) is 35.8 Å². The van der Waals surface area contributed by atoms with Crippen LogP contribution < -0.4 is 5.32 Å². The van der Waals surface area contributed by atoms with E-state index in [1.54, 1.807) is 4.90 Å². The van der Waals surface area contributed by atoms with Crippen molar-refractivity contribution < 1.29 is 18.4 Å². The average Bonchev–Trinajstić information content (AvgIpc) is 2.68. The predicted molar refractivity (Wildman–Crippen MR) is 99.7 cm³/mol. The van der Waals surface area contributed by atoms with Crippen LogP contribution in [0.1, 0.15) is 50.5 Å². The summed E-state index contributed by atoms with van der Waals surface area (Å²) >= 11 is 0. The van der Waals surface area contributed by atoms with Crippen molar-refractivity contribution in [1.82, 2.24) is 10.2 Å².